The van der Waals surface area contributed by atoms with Crippen LogP contribution in [0.2, 0.25) is 0 Å². The molecule has 2 atom stereocenters. The van der Waals surface area contributed by atoms with E-state index in [2.05, 4.69) is 15.4 Å². The Morgan fingerprint density at radius 2 is 1.83 bits per heavy atom. The molecule has 1 aliphatic carbocycles. The largest absolute Gasteiger partial charge is 0.496 e. The third kappa shape index (κ3) is 4.35. The number of hydrogen-bond acceptors (Lipinski definition) is 6. The molecule has 1 fully saturated rings. The number of carbonyl (C=O) groups excluding carboxylic acids is 1. The second-order valence-corrected chi connectivity index (χ2v) is 8.97. The van der Waals surface area contributed by atoms with Gasteiger partial charge in [0.05, 0.1) is 37.1 Å². The normalized spacial score (nSPS) is 17.9. The Bertz CT molecular complexity index is 1350. The summed E-state index contributed by atoms with van der Waals surface area (Å²) in [5.41, 5.74) is 11.2. The molecule has 5 rings (SSSR count). The van der Waals surface area contributed by atoms with Crippen LogP contribution in [0.4, 0.5) is 0 Å². The fourth-order valence-corrected chi connectivity index (χ4v) is 4.81. The first-order chi connectivity index (χ1) is 17.0. The minimum absolute atomic E-state index is 0.0437. The van der Waals surface area contributed by atoms with E-state index < -0.39 is 0 Å². The van der Waals surface area contributed by atoms with Crippen molar-refractivity contribution in [2.45, 2.75) is 37.8 Å². The van der Waals surface area contributed by atoms with Crippen LogP contribution in [0.15, 0.2) is 49.1 Å². The van der Waals surface area contributed by atoms with Gasteiger partial charge in [-0.25, -0.2) is 4.98 Å². The van der Waals surface area contributed by atoms with Gasteiger partial charge in [-0.05, 0) is 30.5 Å². The van der Waals surface area contributed by atoms with Crippen molar-refractivity contribution in [1.82, 2.24) is 24.6 Å². The summed E-state index contributed by atoms with van der Waals surface area (Å²) in [4.78, 5) is 17.9. The van der Waals surface area contributed by atoms with Crippen LogP contribution < -0.4 is 20.5 Å². The maximum absolute atomic E-state index is 13.2. The maximum Gasteiger partial charge on any atom is 0.259 e. The fraction of sp³-hybridized carbons (Fsp3) is 0.346. The van der Waals surface area contributed by atoms with E-state index in [1.54, 1.807) is 25.2 Å². The molecule has 182 valence electrons. The number of hydrogen-bond donors (Lipinski definition) is 2. The molecule has 3 N–H and O–H groups in total. The van der Waals surface area contributed by atoms with Crippen molar-refractivity contribution in [1.29, 1.82) is 0 Å². The Morgan fingerprint density at radius 1 is 1.09 bits per heavy atom. The van der Waals surface area contributed by atoms with Gasteiger partial charge in [-0.15, -0.1) is 0 Å². The Kier molecular flexibility index (Phi) is 6.17. The van der Waals surface area contributed by atoms with Gasteiger partial charge < -0.3 is 20.5 Å². The first-order valence-electron chi connectivity index (χ1n) is 11.8. The van der Waals surface area contributed by atoms with Gasteiger partial charge in [-0.3, -0.25) is 14.0 Å². The van der Waals surface area contributed by atoms with Crippen LogP contribution in [-0.4, -0.2) is 51.5 Å². The fourth-order valence-electron chi connectivity index (χ4n) is 4.81. The molecule has 0 spiro atoms. The van der Waals surface area contributed by atoms with E-state index in [1.807, 2.05) is 54.3 Å². The highest BCUT2D eigenvalue weighted by Crippen LogP contribution is 2.34. The van der Waals surface area contributed by atoms with E-state index in [4.69, 9.17) is 15.2 Å². The van der Waals surface area contributed by atoms with Crippen LogP contribution in [-0.2, 0) is 7.05 Å². The minimum atomic E-state index is -0.246. The van der Waals surface area contributed by atoms with Gasteiger partial charge in [0, 0.05) is 43.0 Å². The van der Waals surface area contributed by atoms with Crippen LogP contribution in [0, 0.1) is 0 Å². The van der Waals surface area contributed by atoms with Gasteiger partial charge in [0.25, 0.3) is 5.91 Å². The lowest BCUT2D eigenvalue weighted by molar-refractivity contribution is 0.0915. The summed E-state index contributed by atoms with van der Waals surface area (Å²) in [5, 5.41) is 7.34. The minimum Gasteiger partial charge on any atom is -0.496 e. The van der Waals surface area contributed by atoms with E-state index >= 15 is 0 Å². The predicted molar refractivity (Wildman–Crippen MR) is 134 cm³/mol. The molecule has 0 bridgehead atoms. The van der Waals surface area contributed by atoms with Crippen molar-refractivity contribution in [2.24, 2.45) is 12.8 Å². The number of amides is 1. The SMILES string of the molecule is COc1cc(-n2cnc3cc(-c4cnn(C)c4)ccc32)cc(OC)c1C(=O)N[C@@H]1CCCC[C@H]1N. The quantitative estimate of drug-likeness (QED) is 0.443. The zero-order valence-corrected chi connectivity index (χ0v) is 20.2. The van der Waals surface area contributed by atoms with Crippen molar-refractivity contribution in [3.63, 3.8) is 0 Å². The number of aryl methyl sites for hydroxylation is 1. The van der Waals surface area contributed by atoms with Gasteiger partial charge in [0.1, 0.15) is 23.4 Å². The average molecular weight is 475 g/mol. The Labute approximate surface area is 203 Å². The molecule has 4 aromatic rings. The van der Waals surface area contributed by atoms with Gasteiger partial charge in [0.2, 0.25) is 0 Å². The number of aromatic nitrogens is 4. The first-order valence-corrected chi connectivity index (χ1v) is 11.8. The highest BCUT2D eigenvalue weighted by Gasteiger charge is 2.27. The van der Waals surface area contributed by atoms with E-state index in [0.29, 0.717) is 17.1 Å². The average Bonchev–Trinajstić information content (AvgIpc) is 3.50. The van der Waals surface area contributed by atoms with Crippen molar-refractivity contribution in [3.8, 4) is 28.3 Å². The number of imidazole rings is 1. The summed E-state index contributed by atoms with van der Waals surface area (Å²) in [6.07, 6.45) is 9.49. The van der Waals surface area contributed by atoms with Crippen molar-refractivity contribution in [2.75, 3.05) is 14.2 Å². The molecule has 0 saturated heterocycles. The van der Waals surface area contributed by atoms with Crippen LogP contribution in [0.3, 0.4) is 0 Å². The molecule has 1 aliphatic rings. The molecule has 1 amide bonds. The number of nitrogens with one attached hydrogen (secondary N) is 1. The summed E-state index contributed by atoms with van der Waals surface area (Å²) in [7, 11) is 4.99. The molecule has 0 radical (unpaired) electrons. The Hall–Kier alpha value is -3.85. The summed E-state index contributed by atoms with van der Waals surface area (Å²) >= 11 is 0. The molecule has 2 aromatic carbocycles. The smallest absolute Gasteiger partial charge is 0.259 e. The molecule has 0 aliphatic heterocycles. The van der Waals surface area contributed by atoms with Crippen molar-refractivity contribution < 1.29 is 14.3 Å². The predicted octanol–water partition coefficient (Wildman–Crippen LogP) is 3.44. The monoisotopic (exact) mass is 474 g/mol. The zero-order chi connectivity index (χ0) is 24.5. The molecule has 2 heterocycles. The van der Waals surface area contributed by atoms with Gasteiger partial charge >= 0.3 is 0 Å². The first kappa shape index (κ1) is 22.9. The van der Waals surface area contributed by atoms with E-state index in [-0.39, 0.29) is 18.0 Å². The lowest BCUT2D eigenvalue weighted by Crippen LogP contribution is -2.49. The molecule has 9 nitrogen and oxygen atoms in total. The number of nitrogens with zero attached hydrogens (tertiary/aromatic N) is 4. The highest BCUT2D eigenvalue weighted by atomic mass is 16.5. The van der Waals surface area contributed by atoms with E-state index in [0.717, 1.165) is 53.5 Å². The Morgan fingerprint density at radius 3 is 2.49 bits per heavy atom. The second kappa shape index (κ2) is 9.42. The molecule has 2 aromatic heterocycles. The van der Waals surface area contributed by atoms with E-state index in [1.165, 1.54) is 0 Å². The van der Waals surface area contributed by atoms with Crippen LogP contribution >= 0.6 is 0 Å². The van der Waals surface area contributed by atoms with E-state index in [9.17, 15) is 4.79 Å². The van der Waals surface area contributed by atoms with Crippen molar-refractivity contribution >= 4 is 16.9 Å². The third-order valence-electron chi connectivity index (χ3n) is 6.72. The van der Waals surface area contributed by atoms with Crippen LogP contribution in [0.5, 0.6) is 11.5 Å². The molecule has 0 unspecified atom stereocenters. The number of nitrogens with two attached hydrogens (primary N) is 1. The molecular weight excluding hydrogens is 444 g/mol. The van der Waals surface area contributed by atoms with Crippen molar-refractivity contribution in [3.05, 3.63) is 54.6 Å². The number of rotatable bonds is 6. The zero-order valence-electron chi connectivity index (χ0n) is 20.2. The molecule has 1 saturated carbocycles. The molecular formula is C26H30N6O3. The number of carbonyl (C=O) groups is 1. The second-order valence-electron chi connectivity index (χ2n) is 8.97. The van der Waals surface area contributed by atoms with Gasteiger partial charge in [-0.1, -0.05) is 18.9 Å². The molecule has 9 heteroatoms. The molecule has 35 heavy (non-hydrogen) atoms. The summed E-state index contributed by atoms with van der Waals surface area (Å²) in [6, 6.07) is 9.65. The summed E-state index contributed by atoms with van der Waals surface area (Å²) in [5.74, 6) is 0.606. The van der Waals surface area contributed by atoms with Gasteiger partial charge in [0.15, 0.2) is 0 Å². The topological polar surface area (TPSA) is 109 Å². The standard InChI is InChI=1S/C26H30N6O3/c1-31-14-17(13-29-31)16-8-9-22-21(10-16)28-15-32(22)18-11-23(34-2)25(24(12-18)35-3)26(33)30-20-7-5-4-6-19(20)27/h8-15,19-20H,4-7,27H2,1-3H3,(H,30,33)/t19-,20-/m1/s1. The van der Waals surface area contributed by atoms with Crippen LogP contribution in [0.1, 0.15) is 36.0 Å². The highest BCUT2D eigenvalue weighted by molar-refractivity contribution is 6.00. The van der Waals surface area contributed by atoms with Crippen LogP contribution in [0.25, 0.3) is 27.8 Å². The summed E-state index contributed by atoms with van der Waals surface area (Å²) in [6.45, 7) is 0. The number of fused-ring (bicyclic) bond motifs is 1. The lowest BCUT2D eigenvalue weighted by atomic mass is 9.91. The van der Waals surface area contributed by atoms with Gasteiger partial charge in [-0.2, -0.15) is 5.10 Å². The maximum atomic E-state index is 13.2. The summed E-state index contributed by atoms with van der Waals surface area (Å²) < 4.78 is 15.0. The third-order valence-corrected chi connectivity index (χ3v) is 6.72. The number of methoxy groups -OCH3 is 2. The Balaban J connectivity index is 1.50. The number of ether oxygens (including phenoxy) is 2. The lowest BCUT2D eigenvalue weighted by Gasteiger charge is -2.29. The number of benzene rings is 2.